The predicted octanol–water partition coefficient (Wildman–Crippen LogP) is 0.200. The van der Waals surface area contributed by atoms with Gasteiger partial charge in [0.25, 0.3) is 0 Å². The lowest BCUT2D eigenvalue weighted by molar-refractivity contribution is -0.468. The van der Waals surface area contributed by atoms with Crippen LogP contribution in [0.2, 0.25) is 0 Å². The molecule has 0 saturated carbocycles. The van der Waals surface area contributed by atoms with E-state index in [1.54, 1.807) is 4.58 Å². The maximum Gasteiger partial charge on any atom is 0.103 e. The van der Waals surface area contributed by atoms with Crippen LogP contribution in [0.4, 0.5) is 0 Å². The van der Waals surface area contributed by atoms with Crippen molar-refractivity contribution >= 4 is 6.40 Å². The Morgan fingerprint density at radius 1 is 1.57 bits per heavy atom. The zero-order valence-corrected chi connectivity index (χ0v) is 5.06. The van der Waals surface area contributed by atoms with Gasteiger partial charge < -0.3 is 9.31 Å². The van der Waals surface area contributed by atoms with Gasteiger partial charge in [0.1, 0.15) is 14.1 Å². The number of rotatable bonds is 2. The van der Waals surface area contributed by atoms with Gasteiger partial charge in [-0.2, -0.15) is 0 Å². The fourth-order valence-electron chi connectivity index (χ4n) is 0.194. The van der Waals surface area contributed by atoms with Gasteiger partial charge in [0.15, 0.2) is 0 Å². The molecule has 0 N–H and O–H groups in total. The molecule has 0 aliphatic carbocycles. The minimum absolute atomic E-state index is 0.693. The summed E-state index contributed by atoms with van der Waals surface area (Å²) >= 11 is 0. The highest BCUT2D eigenvalue weighted by atomic mass is 16.5. The van der Waals surface area contributed by atoms with Crippen LogP contribution < -0.4 is 0 Å². The zero-order chi connectivity index (χ0) is 5.70. The summed E-state index contributed by atoms with van der Waals surface area (Å²) in [5.41, 5.74) is 0. The third kappa shape index (κ3) is 5.47. The van der Waals surface area contributed by atoms with Crippen LogP contribution in [-0.4, -0.2) is 31.7 Å². The monoisotopic (exact) mass is 101 g/mol. The summed E-state index contributed by atoms with van der Waals surface area (Å²) < 4.78 is 6.51. The van der Waals surface area contributed by atoms with Crippen molar-refractivity contribution in [3.63, 3.8) is 0 Å². The molecule has 7 heavy (non-hydrogen) atoms. The second-order valence-electron chi connectivity index (χ2n) is 1.42. The van der Waals surface area contributed by atoms with Crippen LogP contribution in [0.15, 0.2) is 0 Å². The molecule has 0 saturated heterocycles. The summed E-state index contributed by atoms with van der Waals surface area (Å²) in [5, 5.41) is 0. The highest BCUT2D eigenvalue weighted by Crippen LogP contribution is 1.61. The summed E-state index contributed by atoms with van der Waals surface area (Å²) in [5.74, 6) is 0. The quantitative estimate of drug-likeness (QED) is 0.209. The summed E-state index contributed by atoms with van der Waals surface area (Å²) in [6.07, 6.45) is 2.63. The molecule has 0 aromatic carbocycles. The van der Waals surface area contributed by atoms with Crippen molar-refractivity contribution < 1.29 is 9.31 Å². The van der Waals surface area contributed by atoms with Crippen molar-refractivity contribution in [2.24, 2.45) is 0 Å². The smallest absolute Gasteiger partial charge is 0.103 e. The highest BCUT2D eigenvalue weighted by Gasteiger charge is 1.61. The number of hydrogen-bond donors (Lipinski definition) is 0. The molecule has 0 rings (SSSR count). The topological polar surface area (TPSA) is 12.2 Å². The molecular weight excluding hydrogens is 90.1 g/mol. The number of nitrogens with zero attached hydrogens (tertiary/aromatic N) is 1. The molecule has 0 atom stereocenters. The van der Waals surface area contributed by atoms with Crippen LogP contribution in [0.3, 0.4) is 0 Å². The van der Waals surface area contributed by atoms with E-state index in [4.69, 9.17) is 4.74 Å². The van der Waals surface area contributed by atoms with E-state index < -0.39 is 0 Å². The van der Waals surface area contributed by atoms with Crippen molar-refractivity contribution in [3.05, 3.63) is 0 Å². The van der Waals surface area contributed by atoms with E-state index in [0.29, 0.717) is 6.61 Å². The van der Waals surface area contributed by atoms with Gasteiger partial charge in [-0.05, 0) is 13.3 Å². The van der Waals surface area contributed by atoms with Gasteiger partial charge in [0, 0.05) is 6.61 Å². The SMILES string of the molecule is CCO[C-]=[N+](C)C. The molecule has 0 aromatic rings. The maximum absolute atomic E-state index is 4.77. The van der Waals surface area contributed by atoms with Gasteiger partial charge in [-0.1, -0.05) is 0 Å². The first-order chi connectivity index (χ1) is 3.27. The normalized spacial score (nSPS) is 7.86. The fraction of sp³-hybridized carbons (Fsp3) is 0.800. The molecule has 0 bridgehead atoms. The molecule has 0 radical (unpaired) electrons. The standard InChI is InChI=1S/C5H11NO/c1-4-7-5-6(2)3/h4H2,1-3H3. The molecular formula is C5H11NO. The van der Waals surface area contributed by atoms with E-state index in [2.05, 4.69) is 6.40 Å². The third-order valence-corrected chi connectivity index (χ3v) is 0.391. The molecule has 42 valence electrons. The molecule has 0 aromatic heterocycles. The molecule has 0 heterocycles. The average Bonchev–Trinajstić information content (AvgIpc) is 1.61. The van der Waals surface area contributed by atoms with Crippen LogP contribution >= 0.6 is 0 Å². The van der Waals surface area contributed by atoms with E-state index in [1.807, 2.05) is 21.0 Å². The van der Waals surface area contributed by atoms with Gasteiger partial charge in [-0.25, -0.2) is 0 Å². The second kappa shape index (κ2) is 3.65. The van der Waals surface area contributed by atoms with Crippen molar-refractivity contribution in [3.8, 4) is 0 Å². The van der Waals surface area contributed by atoms with Gasteiger partial charge >= 0.3 is 0 Å². The van der Waals surface area contributed by atoms with E-state index >= 15 is 0 Å². The number of ether oxygens (including phenoxy) is 1. The van der Waals surface area contributed by atoms with Crippen molar-refractivity contribution in [1.82, 2.24) is 0 Å². The second-order valence-corrected chi connectivity index (χ2v) is 1.42. The van der Waals surface area contributed by atoms with Crippen molar-refractivity contribution in [1.29, 1.82) is 0 Å². The van der Waals surface area contributed by atoms with Crippen LogP contribution in [0, 0.1) is 0 Å². The lowest BCUT2D eigenvalue weighted by Gasteiger charge is -2.03. The van der Waals surface area contributed by atoms with E-state index in [0.717, 1.165) is 0 Å². The summed E-state index contributed by atoms with van der Waals surface area (Å²) in [6.45, 7) is 2.62. The van der Waals surface area contributed by atoms with Crippen LogP contribution in [-0.2, 0) is 4.74 Å². The molecule has 0 spiro atoms. The molecule has 0 aliphatic rings. The zero-order valence-electron chi connectivity index (χ0n) is 5.06. The van der Waals surface area contributed by atoms with Gasteiger partial charge in [0.05, 0.1) is 0 Å². The average molecular weight is 101 g/mol. The van der Waals surface area contributed by atoms with E-state index in [9.17, 15) is 0 Å². The Morgan fingerprint density at radius 3 is 2.29 bits per heavy atom. The van der Waals surface area contributed by atoms with E-state index in [-0.39, 0.29) is 0 Å². The summed E-state index contributed by atoms with van der Waals surface area (Å²) in [4.78, 5) is 0. The van der Waals surface area contributed by atoms with Crippen LogP contribution in [0.1, 0.15) is 6.92 Å². The first-order valence-electron chi connectivity index (χ1n) is 2.32. The van der Waals surface area contributed by atoms with Crippen molar-refractivity contribution in [2.75, 3.05) is 20.7 Å². The Bertz CT molecular complexity index is 64.5. The predicted molar refractivity (Wildman–Crippen MR) is 28.7 cm³/mol. The molecule has 0 aliphatic heterocycles. The Labute approximate surface area is 44.4 Å². The van der Waals surface area contributed by atoms with Crippen LogP contribution in [0.5, 0.6) is 0 Å². The molecule has 2 nitrogen and oxygen atoms in total. The molecule has 0 amide bonds. The van der Waals surface area contributed by atoms with Crippen molar-refractivity contribution in [2.45, 2.75) is 6.92 Å². The summed E-state index contributed by atoms with van der Waals surface area (Å²) in [6, 6.07) is 0. The van der Waals surface area contributed by atoms with Gasteiger partial charge in [-0.15, -0.1) is 0 Å². The maximum atomic E-state index is 4.77. The lowest BCUT2D eigenvalue weighted by atomic mass is 10.9. The highest BCUT2D eigenvalue weighted by molar-refractivity contribution is 5.38. The van der Waals surface area contributed by atoms with Crippen LogP contribution in [0.25, 0.3) is 0 Å². The van der Waals surface area contributed by atoms with Gasteiger partial charge in [0.2, 0.25) is 0 Å². The Kier molecular flexibility index (Phi) is 3.38. The number of hydrogen-bond acceptors (Lipinski definition) is 1. The van der Waals surface area contributed by atoms with Gasteiger partial charge in [-0.3, -0.25) is 0 Å². The summed E-state index contributed by atoms with van der Waals surface area (Å²) in [7, 11) is 3.74. The van der Waals surface area contributed by atoms with E-state index in [1.165, 1.54) is 0 Å². The lowest BCUT2D eigenvalue weighted by Crippen LogP contribution is -2.01. The Morgan fingerprint density at radius 2 is 2.14 bits per heavy atom. The minimum Gasteiger partial charge on any atom is -0.629 e. The first-order valence-corrected chi connectivity index (χ1v) is 2.32. The Balaban J connectivity index is 3.08. The Hall–Kier alpha value is -0.530. The first kappa shape index (κ1) is 6.47. The largest absolute Gasteiger partial charge is 0.629 e. The molecule has 0 fully saturated rings. The third-order valence-electron chi connectivity index (χ3n) is 0.391. The minimum atomic E-state index is 0.693. The molecule has 0 unspecified atom stereocenters. The fourth-order valence-corrected chi connectivity index (χ4v) is 0.194. The molecule has 2 heteroatoms.